The number of fused-ring (bicyclic) bond motifs is 7. The summed E-state index contributed by atoms with van der Waals surface area (Å²) in [5.41, 5.74) is 9.13. The number of imide groups is 1. The number of carbonyl (C=O) groups is 6. The van der Waals surface area contributed by atoms with Crippen molar-refractivity contribution < 1.29 is 99.0 Å². The molecule has 0 bridgehead atoms. The zero-order chi connectivity index (χ0) is 73.3. The third kappa shape index (κ3) is 12.6. The van der Waals surface area contributed by atoms with Gasteiger partial charge in [-0.1, -0.05) is 24.3 Å². The lowest BCUT2D eigenvalue weighted by Crippen LogP contribution is -2.35. The van der Waals surface area contributed by atoms with Gasteiger partial charge in [0.1, 0.15) is 59.4 Å². The lowest BCUT2D eigenvalue weighted by Gasteiger charge is -2.24. The molecule has 526 valence electrons. The number of nitrogen functional groups attached to an aromatic ring is 1. The molecule has 6 amide bonds. The average molecular weight is 1430 g/mol. The summed E-state index contributed by atoms with van der Waals surface area (Å²) < 4.78 is 231. The van der Waals surface area contributed by atoms with Gasteiger partial charge in [-0.05, 0) is 133 Å². The van der Waals surface area contributed by atoms with E-state index in [-0.39, 0.29) is 91.2 Å². The predicted molar refractivity (Wildman–Crippen MR) is 324 cm³/mol. The van der Waals surface area contributed by atoms with E-state index < -0.39 is 195 Å². The molecule has 5 aliphatic rings. The number of alkyl halides is 10. The maximum absolute atomic E-state index is 15.3. The molecule has 0 saturated heterocycles. The smallest absolute Gasteiger partial charge is 0.397 e. The summed E-state index contributed by atoms with van der Waals surface area (Å²) in [6.45, 7) is -2.21. The van der Waals surface area contributed by atoms with E-state index in [1.54, 1.807) is 0 Å². The van der Waals surface area contributed by atoms with Crippen molar-refractivity contribution in [3.63, 3.8) is 0 Å². The van der Waals surface area contributed by atoms with Crippen LogP contribution in [-0.2, 0) is 59.7 Å². The van der Waals surface area contributed by atoms with Crippen LogP contribution >= 0.6 is 0 Å². The molecule has 9 aromatic rings. The first-order valence-electron chi connectivity index (χ1n) is 30.5. The van der Waals surface area contributed by atoms with Crippen molar-refractivity contribution in [2.75, 3.05) is 10.6 Å². The number of pyridine rings is 2. The van der Waals surface area contributed by atoms with E-state index in [0.717, 1.165) is 59.6 Å². The summed E-state index contributed by atoms with van der Waals surface area (Å²) in [5, 5.41) is 11.7. The molecular weight excluding hydrogens is 1380 g/mol. The monoisotopic (exact) mass is 1430 g/mol. The Kier molecular flexibility index (Phi) is 16.9. The van der Waals surface area contributed by atoms with Crippen LogP contribution in [0.2, 0.25) is 0 Å². The molecule has 5 heterocycles. The summed E-state index contributed by atoms with van der Waals surface area (Å²) in [5.74, 6) is -24.1. The van der Waals surface area contributed by atoms with Crippen LogP contribution in [0.5, 0.6) is 0 Å². The molecule has 4 aromatic heterocycles. The molecule has 4 aliphatic carbocycles. The Morgan fingerprint density at radius 2 is 0.922 bits per heavy atom. The quantitative estimate of drug-likeness (QED) is 0.0422. The molecule has 34 heteroatoms. The van der Waals surface area contributed by atoms with E-state index in [2.05, 4.69) is 30.8 Å². The first-order valence-corrected chi connectivity index (χ1v) is 30.5. The molecule has 0 radical (unpaired) electrons. The number of anilines is 2. The highest BCUT2D eigenvalue weighted by molar-refractivity contribution is 6.34. The Morgan fingerprint density at radius 3 is 1.31 bits per heavy atom. The second-order valence-electron chi connectivity index (χ2n) is 24.8. The molecule has 1 aliphatic heterocycles. The Hall–Kier alpha value is -11.5. The molecular formula is C68H46F16N12O6. The first-order chi connectivity index (χ1) is 48.0. The summed E-state index contributed by atoms with van der Waals surface area (Å²) in [4.78, 5) is 87.3. The van der Waals surface area contributed by atoms with E-state index >= 15 is 17.6 Å². The minimum atomic E-state index is -5.11. The normalized spacial score (nSPS) is 18.5. The van der Waals surface area contributed by atoms with Crippen molar-refractivity contribution in [1.82, 2.24) is 40.2 Å². The Bertz CT molecular complexity index is 4980. The largest absolute Gasteiger partial charge is 0.435 e. The average Bonchev–Trinajstić information content (AvgIpc) is 1.52. The van der Waals surface area contributed by atoms with E-state index in [0.29, 0.717) is 16.8 Å². The van der Waals surface area contributed by atoms with Gasteiger partial charge >= 0.3 is 12.4 Å². The van der Waals surface area contributed by atoms with Crippen LogP contribution in [0.25, 0.3) is 22.3 Å². The SMILES string of the molecule is NC(=O)c1cc(-c2cc(N)cnc2[C@H](Cc2cc(F)cc(F)c2)NC(=O)Cn2nc(C(F)(F)F)c3c2C(F)(F)[C@@H]2C[C@H]32)ccc1F.NC(=O)c1cc(-c2cc(N3C(=O)c4ccccc4C3=O)cnc2[C@H](Cc2cc(F)cc(F)c2)NC(=O)Cn2nc(C(F)(F)F)c3c2C(F)(F)[C@@H]2C[C@H]32)ccc1F. The number of carbonyl (C=O) groups excluding carboxylic acids is 6. The second kappa shape index (κ2) is 25.0. The number of halogens is 16. The molecule has 0 spiro atoms. The van der Waals surface area contributed by atoms with E-state index in [4.69, 9.17) is 17.2 Å². The number of hydrogen-bond acceptors (Lipinski definition) is 11. The molecule has 2 fully saturated rings. The third-order valence-corrected chi connectivity index (χ3v) is 18.0. The number of rotatable bonds is 17. The van der Waals surface area contributed by atoms with Gasteiger partial charge in [0.2, 0.25) is 11.8 Å². The zero-order valence-corrected chi connectivity index (χ0v) is 51.6. The highest BCUT2D eigenvalue weighted by atomic mass is 19.4. The van der Waals surface area contributed by atoms with E-state index in [1.165, 1.54) is 54.7 Å². The first kappa shape index (κ1) is 69.0. The van der Waals surface area contributed by atoms with Gasteiger partial charge in [-0.25, -0.2) is 31.2 Å². The zero-order valence-electron chi connectivity index (χ0n) is 51.6. The molecule has 2 saturated carbocycles. The highest BCUT2D eigenvalue weighted by Gasteiger charge is 2.69. The molecule has 0 unspecified atom stereocenters. The molecule has 18 nitrogen and oxygen atoms in total. The Labute approximate surface area is 562 Å². The molecule has 5 aromatic carbocycles. The lowest BCUT2D eigenvalue weighted by atomic mass is 9.94. The number of aromatic nitrogens is 6. The lowest BCUT2D eigenvalue weighted by molar-refractivity contribution is -0.143. The van der Waals surface area contributed by atoms with Crippen LogP contribution in [0.15, 0.2) is 122 Å². The van der Waals surface area contributed by atoms with Crippen molar-refractivity contribution in [1.29, 1.82) is 0 Å². The fourth-order valence-electron chi connectivity index (χ4n) is 13.6. The van der Waals surface area contributed by atoms with Gasteiger partial charge in [-0.2, -0.15) is 54.1 Å². The van der Waals surface area contributed by atoms with Gasteiger partial charge in [-0.15, -0.1) is 0 Å². The van der Waals surface area contributed by atoms with E-state index in [1.807, 2.05) is 0 Å². The Balaban J connectivity index is 0.000000186. The standard InChI is InChI=1S/C38H24F8N6O4.C30H22F8N6O2/c39-18-7-16(8-19(40)11-18)9-28(49-29(53)15-51-33-30(32(50-51)38(44,45)46)24-13-26(24)37(33,42)43)31-23(17-5-6-27(41)25(10-17)34(47)54)12-20(14-48-31)52-35(55)21-3-1-2-4-22(21)36(52)56;31-14-3-12(4-15(32)7-14)5-22(25-17(8-16(39)10-41-25)13-1-2-21(33)19(6-13)28(40)46)42-23(45)11-44-27-24(26(43-44)30(36,37)38)18-9-20(18)29(27,34)35/h1-8,10-12,14,24,26,28H,9,13,15H2,(H2,47,54)(H,49,53);1-4,6-8,10,18,20,22H,5,9,11,39H2,(H2,40,46)(H,42,45)/t24-,26+,28-;18-,20+,22-/m00/s1. The van der Waals surface area contributed by atoms with Crippen LogP contribution in [0, 0.1) is 46.7 Å². The molecule has 14 rings (SSSR count). The van der Waals surface area contributed by atoms with Gasteiger partial charge < -0.3 is 27.8 Å². The van der Waals surface area contributed by atoms with Gasteiger partial charge in [0.25, 0.3) is 35.5 Å². The number of hydrogen-bond donors (Lipinski definition) is 5. The maximum Gasteiger partial charge on any atom is 0.435 e. The van der Waals surface area contributed by atoms with Crippen LogP contribution in [-0.4, -0.2) is 65.0 Å². The number of nitrogens with two attached hydrogens (primary N) is 3. The number of nitrogens with zero attached hydrogens (tertiary/aromatic N) is 7. The fourth-order valence-corrected chi connectivity index (χ4v) is 13.6. The maximum atomic E-state index is 15.3. The van der Waals surface area contributed by atoms with Crippen molar-refractivity contribution >= 4 is 46.8 Å². The van der Waals surface area contributed by atoms with Crippen LogP contribution in [0.3, 0.4) is 0 Å². The number of benzene rings is 5. The number of nitrogens with one attached hydrogen (secondary N) is 2. The summed E-state index contributed by atoms with van der Waals surface area (Å²) >= 11 is 0. The highest BCUT2D eigenvalue weighted by Crippen LogP contribution is 2.70. The predicted octanol–water partition coefficient (Wildman–Crippen LogP) is 12.0. The topological polar surface area (TPSA) is 269 Å². The van der Waals surface area contributed by atoms with Crippen LogP contribution in [0.4, 0.5) is 81.6 Å². The van der Waals surface area contributed by atoms with Crippen molar-refractivity contribution in [3.8, 4) is 22.3 Å². The van der Waals surface area contributed by atoms with Crippen LogP contribution < -0.4 is 32.7 Å². The third-order valence-electron chi connectivity index (χ3n) is 18.0. The van der Waals surface area contributed by atoms with Crippen molar-refractivity contribution in [2.45, 2.75) is 86.9 Å². The summed E-state index contributed by atoms with van der Waals surface area (Å²) in [6, 6.07) is 17.0. The molecule has 6 atom stereocenters. The minimum absolute atomic E-state index is 0.00951. The fraction of sp³-hybridized carbons (Fsp3) is 0.235. The van der Waals surface area contributed by atoms with Crippen molar-refractivity contribution in [3.05, 3.63) is 235 Å². The van der Waals surface area contributed by atoms with Gasteiger partial charge in [0.15, 0.2) is 11.4 Å². The Morgan fingerprint density at radius 1 is 0.529 bits per heavy atom. The van der Waals surface area contributed by atoms with E-state index in [9.17, 15) is 81.5 Å². The minimum Gasteiger partial charge on any atom is -0.397 e. The number of amides is 6. The molecule has 102 heavy (non-hydrogen) atoms. The van der Waals surface area contributed by atoms with Crippen LogP contribution in [0.1, 0.15) is 135 Å². The number of primary amides is 2. The summed E-state index contributed by atoms with van der Waals surface area (Å²) in [6.07, 6.45) is -9.09. The molecule has 8 N–H and O–H groups in total. The van der Waals surface area contributed by atoms with Crippen molar-refractivity contribution in [2.24, 2.45) is 23.3 Å². The van der Waals surface area contributed by atoms with Gasteiger partial charge in [-0.3, -0.25) is 48.1 Å². The van der Waals surface area contributed by atoms with Gasteiger partial charge in [0.05, 0.1) is 69.5 Å². The van der Waals surface area contributed by atoms with Gasteiger partial charge in [0, 0.05) is 46.2 Å². The second-order valence-corrected chi connectivity index (χ2v) is 24.8. The summed E-state index contributed by atoms with van der Waals surface area (Å²) in [7, 11) is 0.